The van der Waals surface area contributed by atoms with Gasteiger partial charge in [0.2, 0.25) is 11.8 Å². The Labute approximate surface area is 217 Å². The maximum Gasteiger partial charge on any atom is 0.249 e. The summed E-state index contributed by atoms with van der Waals surface area (Å²) in [5.41, 5.74) is 5.08. The number of benzene rings is 2. The molecule has 1 N–H and O–H groups in total. The number of rotatable bonds is 8. The van der Waals surface area contributed by atoms with Crippen molar-refractivity contribution in [1.29, 1.82) is 0 Å². The molecule has 4 aromatic rings. The summed E-state index contributed by atoms with van der Waals surface area (Å²) in [6.07, 6.45) is 5.78. The van der Waals surface area contributed by atoms with Crippen LogP contribution >= 0.6 is 0 Å². The molecule has 37 heavy (non-hydrogen) atoms. The molecule has 8 heteroatoms. The van der Waals surface area contributed by atoms with Crippen LogP contribution in [0.4, 0.5) is 5.69 Å². The molecule has 0 bridgehead atoms. The van der Waals surface area contributed by atoms with Gasteiger partial charge in [-0.05, 0) is 87.1 Å². The molecular weight excluding hydrogens is 464 g/mol. The van der Waals surface area contributed by atoms with Crippen molar-refractivity contribution < 1.29 is 9.59 Å². The first-order valence-electron chi connectivity index (χ1n) is 12.9. The van der Waals surface area contributed by atoms with Gasteiger partial charge >= 0.3 is 0 Å². The molecule has 0 aliphatic heterocycles. The number of hydrogen-bond donors (Lipinski definition) is 1. The molecule has 1 aliphatic rings. The fourth-order valence-corrected chi connectivity index (χ4v) is 5.02. The third kappa shape index (κ3) is 4.88. The molecule has 5 rings (SSSR count). The molecule has 1 atom stereocenters. The molecule has 0 saturated heterocycles. The average Bonchev–Trinajstić information content (AvgIpc) is 3.62. The van der Waals surface area contributed by atoms with Crippen molar-refractivity contribution in [2.45, 2.75) is 64.6 Å². The van der Waals surface area contributed by atoms with E-state index >= 15 is 0 Å². The highest BCUT2D eigenvalue weighted by Gasteiger charge is 2.37. The second-order valence-corrected chi connectivity index (χ2v) is 10.5. The first-order chi connectivity index (χ1) is 17.8. The molecule has 2 heterocycles. The molecule has 192 valence electrons. The summed E-state index contributed by atoms with van der Waals surface area (Å²) < 4.78 is 3.51. The summed E-state index contributed by atoms with van der Waals surface area (Å²) in [5.74, 6) is -0.449. The van der Waals surface area contributed by atoms with Gasteiger partial charge in [-0.3, -0.25) is 14.5 Å². The SMILES string of the molecule is CCC(C)(C)NC(=O)[C@@H](c1cccn1C)N(C(=O)Cn1nnc2ccccc21)c1ccc2c(c1)CCC2. The predicted molar refractivity (Wildman–Crippen MR) is 144 cm³/mol. The maximum absolute atomic E-state index is 14.2. The van der Waals surface area contributed by atoms with Crippen molar-refractivity contribution in [2.75, 3.05) is 4.90 Å². The van der Waals surface area contributed by atoms with Crippen LogP contribution in [0.15, 0.2) is 60.8 Å². The van der Waals surface area contributed by atoms with Crippen LogP contribution in [0.3, 0.4) is 0 Å². The summed E-state index contributed by atoms with van der Waals surface area (Å²) in [4.78, 5) is 29.8. The van der Waals surface area contributed by atoms with Crippen LogP contribution in [0.25, 0.3) is 11.0 Å². The van der Waals surface area contributed by atoms with Gasteiger partial charge in [-0.1, -0.05) is 30.3 Å². The Morgan fingerprint density at radius 3 is 2.62 bits per heavy atom. The third-order valence-corrected chi connectivity index (χ3v) is 7.45. The normalized spacial score (nSPS) is 13.9. The maximum atomic E-state index is 14.2. The van der Waals surface area contributed by atoms with Crippen LogP contribution in [0.1, 0.15) is 56.5 Å². The predicted octanol–water partition coefficient (Wildman–Crippen LogP) is 4.34. The molecular formula is C29H34N6O2. The number of para-hydroxylation sites is 1. The lowest BCUT2D eigenvalue weighted by Crippen LogP contribution is -2.51. The Kier molecular flexibility index (Phi) is 6.58. The molecule has 0 radical (unpaired) electrons. The number of amides is 2. The van der Waals surface area contributed by atoms with E-state index in [1.807, 2.05) is 81.0 Å². The fourth-order valence-electron chi connectivity index (χ4n) is 5.02. The van der Waals surface area contributed by atoms with Crippen molar-refractivity contribution in [3.05, 3.63) is 77.6 Å². The van der Waals surface area contributed by atoms with Gasteiger partial charge in [-0.15, -0.1) is 5.10 Å². The summed E-state index contributed by atoms with van der Waals surface area (Å²) in [7, 11) is 1.90. The average molecular weight is 499 g/mol. The number of hydrogen-bond acceptors (Lipinski definition) is 4. The van der Waals surface area contributed by atoms with Gasteiger partial charge in [0.05, 0.1) is 11.2 Å². The van der Waals surface area contributed by atoms with Crippen LogP contribution < -0.4 is 10.2 Å². The largest absolute Gasteiger partial charge is 0.352 e. The zero-order valence-electron chi connectivity index (χ0n) is 21.9. The zero-order chi connectivity index (χ0) is 26.2. The van der Waals surface area contributed by atoms with Gasteiger partial charge in [-0.25, -0.2) is 4.68 Å². The minimum Gasteiger partial charge on any atom is -0.352 e. The molecule has 0 spiro atoms. The van der Waals surface area contributed by atoms with E-state index in [1.54, 1.807) is 9.58 Å². The summed E-state index contributed by atoms with van der Waals surface area (Å²) in [6.45, 7) is 5.99. The standard InChI is InChI=1S/C29H34N6O2/c1-5-29(2,3)30-28(37)27(25-14-9-17-33(25)4)35(22-16-15-20-10-8-11-21(20)18-22)26(36)19-34-24-13-7-6-12-23(24)31-32-34/h6-7,9,12-18,27H,5,8,10-11,19H2,1-4H3,(H,30,37)/t27-/m1/s1. The molecule has 0 unspecified atom stereocenters. The van der Waals surface area contributed by atoms with Crippen LogP contribution in [0, 0.1) is 0 Å². The van der Waals surface area contributed by atoms with Gasteiger partial charge in [0.1, 0.15) is 12.1 Å². The monoisotopic (exact) mass is 498 g/mol. The van der Waals surface area contributed by atoms with Gasteiger partial charge in [0, 0.05) is 24.5 Å². The molecule has 2 aromatic heterocycles. The van der Waals surface area contributed by atoms with Crippen molar-refractivity contribution >= 4 is 28.5 Å². The lowest BCUT2D eigenvalue weighted by atomic mass is 10.00. The number of aromatic nitrogens is 4. The molecule has 1 aliphatic carbocycles. The highest BCUT2D eigenvalue weighted by atomic mass is 16.2. The Balaban J connectivity index is 1.61. The molecule has 0 fully saturated rings. The van der Waals surface area contributed by atoms with Gasteiger partial charge in [0.15, 0.2) is 6.04 Å². The number of fused-ring (bicyclic) bond motifs is 2. The van der Waals surface area contributed by atoms with Crippen molar-refractivity contribution in [2.24, 2.45) is 7.05 Å². The highest BCUT2D eigenvalue weighted by Crippen LogP contribution is 2.33. The quantitative estimate of drug-likeness (QED) is 0.392. The Hall–Kier alpha value is -3.94. The van der Waals surface area contributed by atoms with E-state index in [0.29, 0.717) is 5.69 Å². The number of carbonyl (C=O) groups is 2. The van der Waals surface area contributed by atoms with E-state index in [9.17, 15) is 9.59 Å². The summed E-state index contributed by atoms with van der Waals surface area (Å²) in [5, 5.41) is 11.6. The number of carbonyl (C=O) groups excluding carboxylic acids is 2. The van der Waals surface area contributed by atoms with E-state index in [4.69, 9.17) is 0 Å². The first-order valence-corrected chi connectivity index (χ1v) is 12.9. The van der Waals surface area contributed by atoms with E-state index in [2.05, 4.69) is 27.8 Å². The van der Waals surface area contributed by atoms with Gasteiger partial charge < -0.3 is 9.88 Å². The summed E-state index contributed by atoms with van der Waals surface area (Å²) >= 11 is 0. The Morgan fingerprint density at radius 2 is 1.86 bits per heavy atom. The second kappa shape index (κ2) is 9.84. The van der Waals surface area contributed by atoms with E-state index in [0.717, 1.165) is 42.4 Å². The molecule has 0 saturated carbocycles. The lowest BCUT2D eigenvalue weighted by molar-refractivity contribution is -0.128. The number of anilines is 1. The number of nitrogens with zero attached hydrogens (tertiary/aromatic N) is 5. The van der Waals surface area contributed by atoms with E-state index in [-0.39, 0.29) is 18.4 Å². The van der Waals surface area contributed by atoms with Gasteiger partial charge in [-0.2, -0.15) is 0 Å². The fraction of sp³-hybridized carbons (Fsp3) is 0.379. The Morgan fingerprint density at radius 1 is 1.08 bits per heavy atom. The van der Waals surface area contributed by atoms with Crippen molar-refractivity contribution in [3.63, 3.8) is 0 Å². The Bertz CT molecular complexity index is 1450. The van der Waals surface area contributed by atoms with Crippen LogP contribution in [0.2, 0.25) is 0 Å². The second-order valence-electron chi connectivity index (χ2n) is 10.5. The highest BCUT2D eigenvalue weighted by molar-refractivity contribution is 6.01. The van der Waals surface area contributed by atoms with E-state index < -0.39 is 11.6 Å². The third-order valence-electron chi connectivity index (χ3n) is 7.45. The zero-order valence-corrected chi connectivity index (χ0v) is 21.9. The minimum atomic E-state index is -0.854. The van der Waals surface area contributed by atoms with Crippen molar-refractivity contribution in [3.8, 4) is 0 Å². The topological polar surface area (TPSA) is 85.0 Å². The first kappa shape index (κ1) is 24.7. The number of aryl methyl sites for hydroxylation is 3. The van der Waals surface area contributed by atoms with Gasteiger partial charge in [0.25, 0.3) is 0 Å². The molecule has 8 nitrogen and oxygen atoms in total. The van der Waals surface area contributed by atoms with Crippen LogP contribution in [-0.2, 0) is 36.0 Å². The molecule has 2 aromatic carbocycles. The van der Waals surface area contributed by atoms with Crippen LogP contribution in [-0.4, -0.2) is 36.9 Å². The van der Waals surface area contributed by atoms with Crippen LogP contribution in [0.5, 0.6) is 0 Å². The lowest BCUT2D eigenvalue weighted by Gasteiger charge is -2.35. The van der Waals surface area contributed by atoms with Crippen molar-refractivity contribution in [1.82, 2.24) is 24.9 Å². The molecule has 2 amide bonds. The van der Waals surface area contributed by atoms with E-state index in [1.165, 1.54) is 11.1 Å². The number of nitrogens with one attached hydrogen (secondary N) is 1. The smallest absolute Gasteiger partial charge is 0.249 e. The summed E-state index contributed by atoms with van der Waals surface area (Å²) in [6, 6.07) is 16.7. The minimum absolute atomic E-state index is 0.0387.